The molecule has 1 aromatic heterocycles. The summed E-state index contributed by atoms with van der Waals surface area (Å²) in [5, 5.41) is 0. The maximum atomic E-state index is 5.80. The molecule has 2 heterocycles. The number of ether oxygens (including phenoxy) is 1. The topological polar surface area (TPSA) is 38.2 Å². The molecule has 2 aromatic rings. The smallest absolute Gasteiger partial charge is 0.0890 e. The van der Waals surface area contributed by atoms with E-state index in [1.165, 1.54) is 0 Å². The van der Waals surface area contributed by atoms with Gasteiger partial charge in [0.2, 0.25) is 0 Å². The van der Waals surface area contributed by atoms with Crippen LogP contribution in [0.4, 0.5) is 0 Å². The molecule has 1 aliphatic rings. The third-order valence-corrected chi connectivity index (χ3v) is 4.30. The van der Waals surface area contributed by atoms with Gasteiger partial charge in [0.15, 0.2) is 0 Å². The summed E-state index contributed by atoms with van der Waals surface area (Å²) in [6, 6.07) is 8.02. The first kappa shape index (κ1) is 15.4. The normalized spacial score (nSPS) is 21.4. The minimum atomic E-state index is 0.0203. The van der Waals surface area contributed by atoms with Gasteiger partial charge in [-0.25, -0.2) is 4.98 Å². The molecule has 0 radical (unpaired) electrons. The average Bonchev–Trinajstić information content (AvgIpc) is 2.46. The lowest BCUT2D eigenvalue weighted by atomic mass is 9.88. The number of nitrogens with zero attached hydrogens (tertiary/aromatic N) is 3. The van der Waals surface area contributed by atoms with Gasteiger partial charge in [0, 0.05) is 19.7 Å². The van der Waals surface area contributed by atoms with E-state index in [0.717, 1.165) is 49.3 Å². The van der Waals surface area contributed by atoms with Crippen LogP contribution in [0.25, 0.3) is 11.0 Å². The number of rotatable bonds is 4. The van der Waals surface area contributed by atoms with Crippen molar-refractivity contribution in [2.75, 3.05) is 20.2 Å². The fourth-order valence-electron chi connectivity index (χ4n) is 3.37. The second-order valence-corrected chi connectivity index (χ2v) is 7.01. The van der Waals surface area contributed by atoms with Gasteiger partial charge in [0.05, 0.1) is 28.5 Å². The molecule has 118 valence electrons. The fraction of sp³-hybridized carbons (Fsp3) is 0.556. The van der Waals surface area contributed by atoms with E-state index >= 15 is 0 Å². The van der Waals surface area contributed by atoms with E-state index in [1.54, 1.807) is 0 Å². The monoisotopic (exact) mass is 299 g/mol. The highest BCUT2D eigenvalue weighted by Gasteiger charge is 2.29. The van der Waals surface area contributed by atoms with Gasteiger partial charge in [0.25, 0.3) is 0 Å². The zero-order chi connectivity index (χ0) is 15.6. The zero-order valence-corrected chi connectivity index (χ0v) is 13.7. The summed E-state index contributed by atoms with van der Waals surface area (Å²) >= 11 is 0. The van der Waals surface area contributed by atoms with Crippen LogP contribution in [0.15, 0.2) is 30.5 Å². The molecule has 1 unspecified atom stereocenters. The number of hydrogen-bond donors (Lipinski definition) is 0. The second-order valence-electron chi connectivity index (χ2n) is 7.01. The van der Waals surface area contributed by atoms with Crippen molar-refractivity contribution < 1.29 is 4.74 Å². The molecule has 4 nitrogen and oxygen atoms in total. The van der Waals surface area contributed by atoms with E-state index in [4.69, 9.17) is 9.72 Å². The maximum Gasteiger partial charge on any atom is 0.0890 e. The van der Waals surface area contributed by atoms with Crippen molar-refractivity contribution >= 4 is 11.0 Å². The molecule has 0 aliphatic carbocycles. The fourth-order valence-corrected chi connectivity index (χ4v) is 3.37. The van der Waals surface area contributed by atoms with E-state index in [-0.39, 0.29) is 5.60 Å². The molecule has 3 rings (SSSR count). The van der Waals surface area contributed by atoms with Gasteiger partial charge >= 0.3 is 0 Å². The Balaban J connectivity index is 1.61. The van der Waals surface area contributed by atoms with Crippen molar-refractivity contribution in [3.63, 3.8) is 0 Å². The Morgan fingerprint density at radius 2 is 2.05 bits per heavy atom. The number of para-hydroxylation sites is 2. The predicted molar refractivity (Wildman–Crippen MR) is 88.6 cm³/mol. The summed E-state index contributed by atoms with van der Waals surface area (Å²) in [5.41, 5.74) is 2.99. The Labute approximate surface area is 132 Å². The van der Waals surface area contributed by atoms with Crippen LogP contribution in [0.1, 0.15) is 32.4 Å². The third kappa shape index (κ3) is 3.81. The lowest BCUT2D eigenvalue weighted by Crippen LogP contribution is -2.38. The Morgan fingerprint density at radius 3 is 2.82 bits per heavy atom. The summed E-state index contributed by atoms with van der Waals surface area (Å²) in [4.78, 5) is 11.6. The molecular weight excluding hydrogens is 274 g/mol. The van der Waals surface area contributed by atoms with Crippen LogP contribution in [0.3, 0.4) is 0 Å². The Bertz CT molecular complexity index is 641. The van der Waals surface area contributed by atoms with Crippen molar-refractivity contribution in [1.29, 1.82) is 0 Å². The molecule has 1 saturated heterocycles. The van der Waals surface area contributed by atoms with Crippen LogP contribution in [0.5, 0.6) is 0 Å². The Morgan fingerprint density at radius 1 is 1.27 bits per heavy atom. The zero-order valence-electron chi connectivity index (χ0n) is 13.7. The molecule has 1 fully saturated rings. The summed E-state index contributed by atoms with van der Waals surface area (Å²) in [6.45, 7) is 7.18. The van der Waals surface area contributed by atoms with Crippen LogP contribution in [0, 0.1) is 5.92 Å². The van der Waals surface area contributed by atoms with Crippen LogP contribution < -0.4 is 0 Å². The van der Waals surface area contributed by atoms with Crippen LogP contribution >= 0.6 is 0 Å². The van der Waals surface area contributed by atoms with Crippen molar-refractivity contribution in [3.8, 4) is 0 Å². The molecule has 1 aromatic carbocycles. The van der Waals surface area contributed by atoms with E-state index < -0.39 is 0 Å². The third-order valence-electron chi connectivity index (χ3n) is 4.30. The Hall–Kier alpha value is -1.52. The molecule has 0 bridgehead atoms. The highest BCUT2D eigenvalue weighted by atomic mass is 16.5. The lowest BCUT2D eigenvalue weighted by Gasteiger charge is -2.37. The van der Waals surface area contributed by atoms with E-state index in [0.29, 0.717) is 5.92 Å². The van der Waals surface area contributed by atoms with Crippen molar-refractivity contribution in [2.45, 2.75) is 38.8 Å². The average molecular weight is 299 g/mol. The van der Waals surface area contributed by atoms with Crippen molar-refractivity contribution in [1.82, 2.24) is 14.9 Å². The number of aromatic nitrogens is 2. The molecule has 22 heavy (non-hydrogen) atoms. The summed E-state index contributed by atoms with van der Waals surface area (Å²) < 4.78 is 5.80. The highest BCUT2D eigenvalue weighted by Crippen LogP contribution is 2.29. The number of fused-ring (bicyclic) bond motifs is 1. The summed E-state index contributed by atoms with van der Waals surface area (Å²) in [6.07, 6.45) is 4.17. The molecule has 0 N–H and O–H groups in total. The van der Waals surface area contributed by atoms with Crippen LogP contribution in [0.2, 0.25) is 0 Å². The molecule has 1 atom stereocenters. The maximum absolute atomic E-state index is 5.80. The first-order valence-corrected chi connectivity index (χ1v) is 8.05. The SMILES string of the molecule is CN(Cc1cnc2ccccc2n1)CC1CCOC(C)(C)C1. The van der Waals surface area contributed by atoms with E-state index in [9.17, 15) is 0 Å². The minimum absolute atomic E-state index is 0.0203. The second kappa shape index (κ2) is 6.31. The van der Waals surface area contributed by atoms with E-state index in [1.807, 2.05) is 30.5 Å². The molecule has 4 heteroatoms. The highest BCUT2D eigenvalue weighted by molar-refractivity contribution is 5.73. The number of hydrogen-bond acceptors (Lipinski definition) is 4. The summed E-state index contributed by atoms with van der Waals surface area (Å²) in [7, 11) is 2.17. The van der Waals surface area contributed by atoms with Crippen molar-refractivity contribution in [2.24, 2.45) is 5.92 Å². The first-order chi connectivity index (χ1) is 10.5. The molecule has 1 aliphatic heterocycles. The van der Waals surface area contributed by atoms with Gasteiger partial charge in [-0.3, -0.25) is 4.98 Å². The Kier molecular flexibility index (Phi) is 4.41. The summed E-state index contributed by atoms with van der Waals surface area (Å²) in [5.74, 6) is 0.696. The molecular formula is C18H25N3O. The van der Waals surface area contributed by atoms with Crippen LogP contribution in [-0.2, 0) is 11.3 Å². The van der Waals surface area contributed by atoms with Crippen LogP contribution in [-0.4, -0.2) is 40.7 Å². The van der Waals surface area contributed by atoms with Crippen molar-refractivity contribution in [3.05, 3.63) is 36.2 Å². The van der Waals surface area contributed by atoms with Gasteiger partial charge in [-0.15, -0.1) is 0 Å². The lowest BCUT2D eigenvalue weighted by molar-refractivity contribution is -0.0762. The minimum Gasteiger partial charge on any atom is -0.376 e. The van der Waals surface area contributed by atoms with Gasteiger partial charge < -0.3 is 9.64 Å². The van der Waals surface area contributed by atoms with Gasteiger partial charge in [-0.05, 0) is 51.8 Å². The van der Waals surface area contributed by atoms with Gasteiger partial charge in [0.1, 0.15) is 0 Å². The molecule has 0 spiro atoms. The predicted octanol–water partition coefficient (Wildman–Crippen LogP) is 3.27. The van der Waals surface area contributed by atoms with E-state index in [2.05, 4.69) is 30.8 Å². The van der Waals surface area contributed by atoms with Gasteiger partial charge in [-0.2, -0.15) is 0 Å². The van der Waals surface area contributed by atoms with Gasteiger partial charge in [-0.1, -0.05) is 12.1 Å². The quantitative estimate of drug-likeness (QED) is 0.868. The first-order valence-electron chi connectivity index (χ1n) is 8.05. The molecule has 0 saturated carbocycles. The standard InChI is InChI=1S/C18H25N3O/c1-18(2)10-14(8-9-22-18)12-21(3)13-15-11-19-16-6-4-5-7-17(16)20-15/h4-7,11,14H,8-10,12-13H2,1-3H3. The largest absolute Gasteiger partial charge is 0.376 e. The molecule has 0 amide bonds. The number of benzene rings is 1.